The third-order valence-corrected chi connectivity index (χ3v) is 5.45. The van der Waals surface area contributed by atoms with Gasteiger partial charge in [-0.1, -0.05) is 17.7 Å². The van der Waals surface area contributed by atoms with E-state index in [-0.39, 0.29) is 21.7 Å². The Morgan fingerprint density at radius 1 is 1.37 bits per heavy atom. The Hall–Kier alpha value is -2.69. The third kappa shape index (κ3) is 3.30. The molecule has 1 aliphatic heterocycles. The number of rotatable bonds is 6. The molecule has 0 bridgehead atoms. The predicted octanol–water partition coefficient (Wildman–Crippen LogP) is 3.69. The van der Waals surface area contributed by atoms with E-state index in [2.05, 4.69) is 10.1 Å². The topological polar surface area (TPSA) is 82.5 Å². The van der Waals surface area contributed by atoms with Crippen molar-refractivity contribution in [3.8, 4) is 0 Å². The van der Waals surface area contributed by atoms with E-state index in [1.165, 1.54) is 6.07 Å². The second-order valence-corrected chi connectivity index (χ2v) is 7.48. The summed E-state index contributed by atoms with van der Waals surface area (Å²) in [6.45, 7) is -2.99. The highest BCUT2D eigenvalue weighted by atomic mass is 35.5. The number of carbonyl (C=O) groups excluding carboxylic acids is 1. The molecule has 0 unspecified atom stereocenters. The Bertz CT molecular complexity index is 1040. The summed E-state index contributed by atoms with van der Waals surface area (Å²) in [4.78, 5) is 16.2. The molecule has 4 rings (SSSR count). The monoisotopic (exact) mass is 448 g/mol. The number of fused-ring (bicyclic) bond motifs is 1. The molecule has 30 heavy (non-hydrogen) atoms. The highest BCUT2D eigenvalue weighted by Crippen LogP contribution is 2.56. The Morgan fingerprint density at radius 3 is 2.73 bits per heavy atom. The van der Waals surface area contributed by atoms with Crippen molar-refractivity contribution < 1.29 is 31.5 Å². The van der Waals surface area contributed by atoms with E-state index < -0.39 is 65.8 Å². The van der Waals surface area contributed by atoms with Gasteiger partial charge in [-0.2, -0.15) is 13.9 Å². The maximum absolute atomic E-state index is 14.6. The molecule has 0 radical (unpaired) electrons. The lowest BCUT2D eigenvalue weighted by atomic mass is 9.83. The molecule has 160 valence electrons. The number of ketones is 1. The molecular weight excluding hydrogens is 435 g/mol. The van der Waals surface area contributed by atoms with Crippen molar-refractivity contribution in [1.82, 2.24) is 9.78 Å². The van der Waals surface area contributed by atoms with Gasteiger partial charge in [-0.3, -0.25) is 4.79 Å². The number of carbonyl (C=O) groups is 1. The highest BCUT2D eigenvalue weighted by molar-refractivity contribution is 6.33. The summed E-state index contributed by atoms with van der Waals surface area (Å²) in [5.74, 6) is -2.43. The minimum Gasteiger partial charge on any atom is -0.462 e. The fraction of sp³-hybridized carbons (Fsp3) is 0.389. The van der Waals surface area contributed by atoms with Crippen LogP contribution in [-0.2, 0) is 16.7 Å². The molecule has 12 heteroatoms. The van der Waals surface area contributed by atoms with Gasteiger partial charge in [0.1, 0.15) is 17.6 Å². The van der Waals surface area contributed by atoms with Gasteiger partial charge in [-0.05, 0) is 24.1 Å². The van der Waals surface area contributed by atoms with Crippen molar-refractivity contribution >= 4 is 23.4 Å². The third-order valence-electron chi connectivity index (χ3n) is 5.18. The van der Waals surface area contributed by atoms with Gasteiger partial charge in [0.2, 0.25) is 0 Å². The number of nitrogens with zero attached hydrogens (tertiary/aromatic N) is 3. The maximum atomic E-state index is 14.6. The van der Waals surface area contributed by atoms with Crippen LogP contribution in [0.2, 0.25) is 5.02 Å². The molecule has 3 atom stereocenters. The summed E-state index contributed by atoms with van der Waals surface area (Å²) in [5.41, 5.74) is 2.64. The number of amidine groups is 1. The molecule has 2 aliphatic rings. The minimum absolute atomic E-state index is 0.163. The van der Waals surface area contributed by atoms with Crippen molar-refractivity contribution in [2.24, 2.45) is 16.6 Å². The van der Waals surface area contributed by atoms with Crippen LogP contribution in [-0.4, -0.2) is 34.1 Å². The number of hydrogen-bond donors (Lipinski definition) is 1. The van der Waals surface area contributed by atoms with Crippen LogP contribution in [0.1, 0.15) is 34.6 Å². The summed E-state index contributed by atoms with van der Waals surface area (Å²) < 4.78 is 73.7. The molecule has 1 saturated carbocycles. The summed E-state index contributed by atoms with van der Waals surface area (Å²) in [6.07, 6.45) is -3.05. The molecule has 0 saturated heterocycles. The van der Waals surface area contributed by atoms with Crippen molar-refractivity contribution in [2.75, 3.05) is 0 Å². The second-order valence-electron chi connectivity index (χ2n) is 7.07. The number of nitrogens with two attached hydrogens (primary N) is 1. The normalized spacial score (nSPS) is 25.1. The maximum Gasteiger partial charge on any atom is 0.333 e. The fourth-order valence-electron chi connectivity index (χ4n) is 3.72. The molecule has 2 heterocycles. The lowest BCUT2D eigenvalue weighted by Gasteiger charge is -2.33. The number of aromatic nitrogens is 2. The molecular formula is C18H14ClF5N4O2. The first-order chi connectivity index (χ1) is 14.1. The van der Waals surface area contributed by atoms with E-state index in [0.717, 1.165) is 18.3 Å². The van der Waals surface area contributed by atoms with E-state index in [4.69, 9.17) is 22.1 Å². The summed E-state index contributed by atoms with van der Waals surface area (Å²) in [5, 5.41) is 3.16. The van der Waals surface area contributed by atoms with Gasteiger partial charge in [0.15, 0.2) is 11.3 Å². The standard InChI is InChI=1S/C18H14ClF5N4O2/c19-10-6-28(16(23)24)27-14(10)12(29)4-7-1-2-11(20)8(3-7)18(15(21)22)9-5-13(9)30-17(25)26-18/h1-3,6,9,13,15-16H,4-5H2,(H2,25,26)/t9-,13+,18+/m0/s1. The van der Waals surface area contributed by atoms with Crippen LogP contribution in [0.25, 0.3) is 0 Å². The van der Waals surface area contributed by atoms with Crippen LogP contribution in [0.15, 0.2) is 29.4 Å². The molecule has 1 fully saturated rings. The molecule has 0 spiro atoms. The van der Waals surface area contributed by atoms with Crippen molar-refractivity contribution in [1.29, 1.82) is 0 Å². The van der Waals surface area contributed by atoms with E-state index in [0.29, 0.717) is 0 Å². The number of halogens is 6. The lowest BCUT2D eigenvalue weighted by molar-refractivity contribution is 0.0176. The minimum atomic E-state index is -3.08. The first-order valence-electron chi connectivity index (χ1n) is 8.78. The van der Waals surface area contributed by atoms with Gasteiger partial charge < -0.3 is 10.5 Å². The zero-order valence-corrected chi connectivity index (χ0v) is 15.8. The largest absolute Gasteiger partial charge is 0.462 e. The number of ether oxygens (including phenoxy) is 1. The first-order valence-corrected chi connectivity index (χ1v) is 9.16. The van der Waals surface area contributed by atoms with E-state index in [1.807, 2.05) is 0 Å². The number of hydrogen-bond acceptors (Lipinski definition) is 5. The van der Waals surface area contributed by atoms with Crippen LogP contribution < -0.4 is 5.73 Å². The molecule has 2 N–H and O–H groups in total. The Kier molecular flexibility index (Phi) is 4.95. The van der Waals surface area contributed by atoms with Crippen LogP contribution in [0.4, 0.5) is 22.0 Å². The molecule has 1 aromatic heterocycles. The van der Waals surface area contributed by atoms with Crippen molar-refractivity contribution in [2.45, 2.75) is 37.5 Å². The van der Waals surface area contributed by atoms with Crippen LogP contribution in [0, 0.1) is 11.7 Å². The quantitative estimate of drug-likeness (QED) is 0.540. The fourth-order valence-corrected chi connectivity index (χ4v) is 3.96. The average molecular weight is 449 g/mol. The average Bonchev–Trinajstić information content (AvgIpc) is 3.34. The Balaban J connectivity index is 1.69. The van der Waals surface area contributed by atoms with E-state index >= 15 is 0 Å². The number of Topliss-reactive ketones (excluding diaryl/α,β-unsaturated/α-hetero) is 1. The summed E-state index contributed by atoms with van der Waals surface area (Å²) in [6, 6.07) is 2.82. The zero-order valence-electron chi connectivity index (χ0n) is 15.0. The van der Waals surface area contributed by atoms with E-state index in [1.54, 1.807) is 0 Å². The molecule has 2 aromatic rings. The van der Waals surface area contributed by atoms with Crippen LogP contribution in [0.3, 0.4) is 0 Å². The van der Waals surface area contributed by atoms with Crippen LogP contribution >= 0.6 is 11.6 Å². The second kappa shape index (κ2) is 7.22. The zero-order chi connectivity index (χ0) is 21.8. The molecule has 1 aromatic carbocycles. The molecule has 0 amide bonds. The van der Waals surface area contributed by atoms with Gasteiger partial charge in [-0.15, -0.1) is 0 Å². The summed E-state index contributed by atoms with van der Waals surface area (Å²) in [7, 11) is 0. The lowest BCUT2D eigenvalue weighted by Crippen LogP contribution is -2.43. The first kappa shape index (κ1) is 20.6. The number of benzene rings is 1. The van der Waals surface area contributed by atoms with Crippen molar-refractivity contribution in [3.05, 3.63) is 52.1 Å². The van der Waals surface area contributed by atoms with Gasteiger partial charge in [-0.25, -0.2) is 22.8 Å². The Labute approximate surface area is 171 Å². The molecule has 6 nitrogen and oxygen atoms in total. The van der Waals surface area contributed by atoms with E-state index in [9.17, 15) is 26.7 Å². The van der Waals surface area contributed by atoms with Gasteiger partial charge in [0.25, 0.3) is 12.4 Å². The highest BCUT2D eigenvalue weighted by Gasteiger charge is 2.64. The number of aliphatic imine (C=N–C) groups is 1. The Morgan fingerprint density at radius 2 is 2.10 bits per heavy atom. The van der Waals surface area contributed by atoms with Gasteiger partial charge in [0.05, 0.1) is 11.2 Å². The predicted molar refractivity (Wildman–Crippen MR) is 95.2 cm³/mol. The van der Waals surface area contributed by atoms with Gasteiger partial charge in [0, 0.05) is 17.9 Å². The number of alkyl halides is 4. The summed E-state index contributed by atoms with van der Waals surface area (Å²) >= 11 is 5.79. The smallest absolute Gasteiger partial charge is 0.333 e. The molecule has 1 aliphatic carbocycles. The SMILES string of the molecule is NC1=N[C@@](c2cc(CC(=O)c3nn(C(F)F)cc3Cl)ccc2F)(C(F)F)[C@H]2C[C@H]2O1. The van der Waals surface area contributed by atoms with Gasteiger partial charge >= 0.3 is 6.55 Å². The van der Waals surface area contributed by atoms with Crippen LogP contribution in [0.5, 0.6) is 0 Å². The van der Waals surface area contributed by atoms with Crippen molar-refractivity contribution in [3.63, 3.8) is 0 Å².